The number of hydrogen-bond acceptors (Lipinski definition) is 7. The van der Waals surface area contributed by atoms with Crippen LogP contribution < -0.4 is 0 Å². The van der Waals surface area contributed by atoms with Crippen molar-refractivity contribution >= 4 is 12.3 Å². The van der Waals surface area contributed by atoms with E-state index in [1.807, 2.05) is 0 Å². The molecule has 0 aromatic carbocycles. The molecule has 0 bridgehead atoms. The Morgan fingerprint density at radius 3 is 1.85 bits per heavy atom. The van der Waals surface area contributed by atoms with E-state index in [0.717, 1.165) is 0 Å². The number of carboxylic acids is 1. The number of aliphatic carboxylic acids is 1. The minimum absolute atomic E-state index is 0. The predicted octanol–water partition coefficient (Wildman–Crippen LogP) is -3.17. The highest BCUT2D eigenvalue weighted by atomic mass is 16.4. The summed E-state index contributed by atoms with van der Waals surface area (Å²) in [6, 6.07) is 0. The van der Waals surface area contributed by atoms with E-state index in [0.29, 0.717) is 6.42 Å². The standard InChI is InChI=1S/C6H12O6.C5H8O2.H2O/c7-1-3(9)5(11)6(12)4(10)2-8;1-3-4(2)5(6)7;/h1,3-6,8-12H,2H2;2-3H2,1H3,(H,6,7);1H2. The molecule has 0 aromatic heterocycles. The van der Waals surface area contributed by atoms with Crippen molar-refractivity contribution in [1.29, 1.82) is 0 Å². The lowest BCUT2D eigenvalue weighted by molar-refractivity contribution is -0.136. The number of carbonyl (C=O) groups is 2. The zero-order valence-electron chi connectivity index (χ0n) is 11.0. The molecule has 0 radical (unpaired) electrons. The lowest BCUT2D eigenvalue weighted by Gasteiger charge is -2.22. The van der Waals surface area contributed by atoms with Crippen molar-refractivity contribution in [2.24, 2.45) is 0 Å². The first kappa shape index (κ1) is 23.7. The first-order valence-electron chi connectivity index (χ1n) is 5.42. The second-order valence-electron chi connectivity index (χ2n) is 3.62. The van der Waals surface area contributed by atoms with Gasteiger partial charge >= 0.3 is 5.97 Å². The van der Waals surface area contributed by atoms with E-state index in [9.17, 15) is 9.59 Å². The van der Waals surface area contributed by atoms with Gasteiger partial charge in [-0.25, -0.2) is 4.79 Å². The largest absolute Gasteiger partial charge is 0.478 e. The summed E-state index contributed by atoms with van der Waals surface area (Å²) in [6.45, 7) is 4.27. The summed E-state index contributed by atoms with van der Waals surface area (Å²) < 4.78 is 0. The lowest BCUT2D eigenvalue weighted by atomic mass is 10.0. The Bertz CT molecular complexity index is 292. The maximum Gasteiger partial charge on any atom is 0.330 e. The Labute approximate surface area is 115 Å². The van der Waals surface area contributed by atoms with Gasteiger partial charge in [0.05, 0.1) is 6.61 Å². The van der Waals surface area contributed by atoms with E-state index < -0.39 is 37.0 Å². The summed E-state index contributed by atoms with van der Waals surface area (Å²) >= 11 is 0. The minimum atomic E-state index is -1.79. The van der Waals surface area contributed by atoms with Crippen LogP contribution in [-0.2, 0) is 9.59 Å². The van der Waals surface area contributed by atoms with Crippen LogP contribution in [0.15, 0.2) is 12.2 Å². The van der Waals surface area contributed by atoms with Crippen LogP contribution in [0.3, 0.4) is 0 Å². The average Bonchev–Trinajstić information content (AvgIpc) is 2.43. The number of carbonyl (C=O) groups excluding carboxylic acids is 1. The Morgan fingerprint density at radius 2 is 1.65 bits per heavy atom. The monoisotopic (exact) mass is 298 g/mol. The third-order valence-electron chi connectivity index (χ3n) is 2.15. The molecule has 20 heavy (non-hydrogen) atoms. The van der Waals surface area contributed by atoms with Crippen molar-refractivity contribution in [1.82, 2.24) is 0 Å². The maximum atomic E-state index is 9.90. The van der Waals surface area contributed by atoms with Gasteiger partial charge < -0.3 is 40.9 Å². The zero-order chi connectivity index (χ0) is 15.6. The molecule has 9 heteroatoms. The number of hydrogen-bond donors (Lipinski definition) is 6. The third kappa shape index (κ3) is 9.55. The van der Waals surface area contributed by atoms with Gasteiger partial charge in [-0.1, -0.05) is 13.5 Å². The molecule has 4 atom stereocenters. The normalized spacial score (nSPS) is 15.5. The Hall–Kier alpha value is -1.36. The number of aliphatic hydroxyl groups is 5. The topological polar surface area (TPSA) is 187 Å². The van der Waals surface area contributed by atoms with Crippen LogP contribution in [0.25, 0.3) is 0 Å². The molecular formula is C11H22O9. The second kappa shape index (κ2) is 12.7. The molecule has 0 fully saturated rings. The van der Waals surface area contributed by atoms with Crippen molar-refractivity contribution in [2.45, 2.75) is 37.8 Å². The van der Waals surface area contributed by atoms with Crippen LogP contribution in [-0.4, -0.2) is 79.4 Å². The van der Waals surface area contributed by atoms with Gasteiger partial charge in [-0.2, -0.15) is 0 Å². The molecule has 0 aliphatic rings. The Kier molecular flexibility index (Phi) is 15.0. The summed E-state index contributed by atoms with van der Waals surface area (Å²) in [5.41, 5.74) is 0.264. The van der Waals surface area contributed by atoms with E-state index in [4.69, 9.17) is 30.6 Å². The SMILES string of the molecule is C=C(CC)C(=O)O.O.O=CC(O)C(O)C(O)C(O)CO. The fourth-order valence-electron chi connectivity index (χ4n) is 0.769. The van der Waals surface area contributed by atoms with Crippen LogP contribution in [0, 0.1) is 0 Å². The highest BCUT2D eigenvalue weighted by Crippen LogP contribution is 2.02. The van der Waals surface area contributed by atoms with E-state index in [-0.39, 0.29) is 17.3 Å². The van der Waals surface area contributed by atoms with Crippen LogP contribution >= 0.6 is 0 Å². The number of rotatable bonds is 7. The second-order valence-corrected chi connectivity index (χ2v) is 3.62. The number of carboxylic acid groups (broad SMARTS) is 1. The molecular weight excluding hydrogens is 276 g/mol. The molecule has 0 rings (SSSR count). The van der Waals surface area contributed by atoms with Gasteiger partial charge in [0.25, 0.3) is 0 Å². The van der Waals surface area contributed by atoms with Crippen LogP contribution in [0.5, 0.6) is 0 Å². The molecule has 0 amide bonds. The van der Waals surface area contributed by atoms with Crippen LogP contribution in [0.4, 0.5) is 0 Å². The summed E-state index contributed by atoms with van der Waals surface area (Å²) in [5.74, 6) is -0.900. The highest BCUT2D eigenvalue weighted by Gasteiger charge is 2.29. The van der Waals surface area contributed by atoms with Crippen molar-refractivity contribution < 1.29 is 45.7 Å². The maximum absolute atomic E-state index is 9.90. The van der Waals surface area contributed by atoms with Crippen molar-refractivity contribution in [3.8, 4) is 0 Å². The Balaban J connectivity index is -0.000000312. The molecule has 0 spiro atoms. The third-order valence-corrected chi connectivity index (χ3v) is 2.15. The van der Waals surface area contributed by atoms with Gasteiger partial charge in [0.15, 0.2) is 6.29 Å². The van der Waals surface area contributed by atoms with Crippen LogP contribution in [0.1, 0.15) is 13.3 Å². The minimum Gasteiger partial charge on any atom is -0.478 e. The van der Waals surface area contributed by atoms with E-state index >= 15 is 0 Å². The van der Waals surface area contributed by atoms with Gasteiger partial charge in [0.2, 0.25) is 0 Å². The summed E-state index contributed by atoms with van der Waals surface area (Å²) in [4.78, 5) is 19.7. The fourth-order valence-corrected chi connectivity index (χ4v) is 0.769. The number of aliphatic hydroxyl groups excluding tert-OH is 5. The molecule has 4 unspecified atom stereocenters. The van der Waals surface area contributed by atoms with Crippen molar-refractivity contribution in [3.63, 3.8) is 0 Å². The van der Waals surface area contributed by atoms with E-state index in [1.54, 1.807) is 6.92 Å². The zero-order valence-corrected chi connectivity index (χ0v) is 11.0. The first-order valence-corrected chi connectivity index (χ1v) is 5.42. The van der Waals surface area contributed by atoms with Gasteiger partial charge in [-0.05, 0) is 6.42 Å². The van der Waals surface area contributed by atoms with E-state index in [2.05, 4.69) is 6.58 Å². The Morgan fingerprint density at radius 1 is 1.20 bits per heavy atom. The van der Waals surface area contributed by atoms with Crippen molar-refractivity contribution in [2.75, 3.05) is 6.61 Å². The van der Waals surface area contributed by atoms with Gasteiger partial charge in [-0.3, -0.25) is 0 Å². The molecule has 0 aliphatic heterocycles. The lowest BCUT2D eigenvalue weighted by Crippen LogP contribution is -2.46. The summed E-state index contributed by atoms with van der Waals surface area (Å²) in [7, 11) is 0. The molecule has 120 valence electrons. The predicted molar refractivity (Wildman–Crippen MR) is 67.9 cm³/mol. The van der Waals surface area contributed by atoms with Crippen molar-refractivity contribution in [3.05, 3.63) is 12.2 Å². The van der Waals surface area contributed by atoms with Crippen LogP contribution in [0.2, 0.25) is 0 Å². The van der Waals surface area contributed by atoms with E-state index in [1.165, 1.54) is 0 Å². The fraction of sp³-hybridized carbons (Fsp3) is 0.636. The van der Waals surface area contributed by atoms with Gasteiger partial charge in [0, 0.05) is 5.57 Å². The van der Waals surface area contributed by atoms with Gasteiger partial charge in [0.1, 0.15) is 24.4 Å². The summed E-state index contributed by atoms with van der Waals surface area (Å²) in [5, 5.41) is 51.6. The van der Waals surface area contributed by atoms with Gasteiger partial charge in [-0.15, -0.1) is 0 Å². The molecule has 9 nitrogen and oxygen atoms in total. The summed E-state index contributed by atoms with van der Waals surface area (Å²) in [6.07, 6.45) is -6.32. The average molecular weight is 298 g/mol. The molecule has 0 saturated heterocycles. The molecule has 0 aliphatic carbocycles. The quantitative estimate of drug-likeness (QED) is 0.210. The molecule has 0 heterocycles. The number of aldehydes is 1. The first-order chi connectivity index (χ1) is 8.72. The smallest absolute Gasteiger partial charge is 0.330 e. The highest BCUT2D eigenvalue weighted by molar-refractivity contribution is 5.85. The molecule has 0 aromatic rings. The molecule has 8 N–H and O–H groups in total. The molecule has 0 saturated carbocycles.